The lowest BCUT2D eigenvalue weighted by Crippen LogP contribution is -2.06. The molecule has 4 rings (SSSR count). The van der Waals surface area contributed by atoms with Crippen LogP contribution >= 0.6 is 23.5 Å². The van der Waals surface area contributed by atoms with E-state index >= 15 is 0 Å². The van der Waals surface area contributed by atoms with E-state index in [2.05, 4.69) is 4.98 Å². The van der Waals surface area contributed by atoms with Crippen molar-refractivity contribution >= 4 is 52.5 Å². The first kappa shape index (κ1) is 23.1. The fourth-order valence-corrected chi connectivity index (χ4v) is 4.51. The zero-order chi connectivity index (χ0) is 23.0. The van der Waals surface area contributed by atoms with Gasteiger partial charge in [-0.2, -0.15) is 16.9 Å². The van der Waals surface area contributed by atoms with Crippen LogP contribution in [0, 0.1) is 0 Å². The Morgan fingerprint density at radius 3 is 2.76 bits per heavy atom. The molecule has 0 aliphatic heterocycles. The molecule has 0 radical (unpaired) electrons. The van der Waals surface area contributed by atoms with Gasteiger partial charge in [0.1, 0.15) is 6.73 Å². The molecule has 0 fully saturated rings. The van der Waals surface area contributed by atoms with E-state index in [4.69, 9.17) is 9.84 Å². The first-order valence-electron chi connectivity index (χ1n) is 10.3. The van der Waals surface area contributed by atoms with Gasteiger partial charge >= 0.3 is 5.97 Å². The zero-order valence-corrected chi connectivity index (χ0v) is 19.7. The van der Waals surface area contributed by atoms with Crippen LogP contribution in [-0.2, 0) is 11.5 Å². The molecule has 0 bridgehead atoms. The Bertz CT molecular complexity index is 1270. The average Bonchev–Trinajstić information content (AvgIpc) is 3.18. The number of thioether (sulfide) groups is 1. The molecule has 0 aliphatic carbocycles. The smallest absolute Gasteiger partial charge is 0.336 e. The second kappa shape index (κ2) is 11.2. The number of pyridine rings is 1. The van der Waals surface area contributed by atoms with Crippen molar-refractivity contribution in [2.45, 2.75) is 16.5 Å². The van der Waals surface area contributed by atoms with E-state index in [0.717, 1.165) is 32.9 Å². The van der Waals surface area contributed by atoms with E-state index in [9.17, 15) is 9.90 Å². The summed E-state index contributed by atoms with van der Waals surface area (Å²) in [6.45, 7) is 0.983. The summed E-state index contributed by atoms with van der Waals surface area (Å²) in [5.74, 6) is -0.0213. The Morgan fingerprint density at radius 1 is 1.12 bits per heavy atom. The fourth-order valence-electron chi connectivity index (χ4n) is 3.26. The Hall–Kier alpha value is -3.07. The average molecular weight is 478 g/mol. The van der Waals surface area contributed by atoms with Gasteiger partial charge in [-0.15, -0.1) is 0 Å². The number of aromatic nitrogens is 3. The fraction of sp³-hybridized carbons (Fsp3) is 0.160. The Morgan fingerprint density at radius 2 is 1.97 bits per heavy atom. The van der Waals surface area contributed by atoms with Gasteiger partial charge in [0, 0.05) is 27.1 Å². The number of benzene rings is 2. The number of carboxylic acids is 1. The van der Waals surface area contributed by atoms with Gasteiger partial charge in [-0.05, 0) is 60.9 Å². The minimum Gasteiger partial charge on any atom is -0.478 e. The lowest BCUT2D eigenvalue weighted by atomic mass is 10.2. The number of carboxylic acid groups (broad SMARTS) is 1. The van der Waals surface area contributed by atoms with E-state index in [1.54, 1.807) is 30.1 Å². The Labute approximate surface area is 200 Å². The number of aromatic carboxylic acids is 1. The molecule has 2 aromatic carbocycles. The van der Waals surface area contributed by atoms with E-state index in [1.807, 2.05) is 71.6 Å². The number of ether oxygens (including phenoxy) is 1. The van der Waals surface area contributed by atoms with E-state index in [0.29, 0.717) is 18.2 Å². The molecule has 0 spiro atoms. The molecule has 1 N–H and O–H groups in total. The van der Waals surface area contributed by atoms with Gasteiger partial charge in [0.05, 0.1) is 29.1 Å². The third-order valence-corrected chi connectivity index (χ3v) is 6.48. The van der Waals surface area contributed by atoms with Gasteiger partial charge < -0.3 is 9.84 Å². The lowest BCUT2D eigenvalue weighted by molar-refractivity contribution is 0.0693. The highest BCUT2D eigenvalue weighted by Crippen LogP contribution is 2.33. The van der Waals surface area contributed by atoms with Crippen LogP contribution in [0.15, 0.2) is 76.7 Å². The number of rotatable bonds is 10. The topological polar surface area (TPSA) is 77.2 Å². The molecule has 0 atom stereocenters. The van der Waals surface area contributed by atoms with E-state index in [-0.39, 0.29) is 5.56 Å². The van der Waals surface area contributed by atoms with Crippen molar-refractivity contribution in [1.29, 1.82) is 0 Å². The van der Waals surface area contributed by atoms with Gasteiger partial charge in [0.15, 0.2) is 0 Å². The number of fused-ring (bicyclic) bond motifs is 1. The third-order valence-electron chi connectivity index (χ3n) is 4.84. The summed E-state index contributed by atoms with van der Waals surface area (Å²) >= 11 is 3.16. The highest BCUT2D eigenvalue weighted by atomic mass is 32.2. The SMILES string of the molecule is CSCCOCn1nc(/C=C/c2ccccn2)c2ccc(Sc3ccccc3C(=O)O)cc21. The summed E-state index contributed by atoms with van der Waals surface area (Å²) in [6.07, 6.45) is 7.70. The normalized spacial score (nSPS) is 11.4. The molecular formula is C25H23N3O3S2. The Kier molecular flexibility index (Phi) is 7.83. The molecule has 0 saturated carbocycles. The second-order valence-electron chi connectivity index (χ2n) is 7.09. The van der Waals surface area contributed by atoms with Crippen LogP contribution in [0.25, 0.3) is 23.1 Å². The maximum absolute atomic E-state index is 11.6. The van der Waals surface area contributed by atoms with Crippen molar-refractivity contribution in [3.05, 3.63) is 83.8 Å². The van der Waals surface area contributed by atoms with Gasteiger partial charge in [-0.25, -0.2) is 9.48 Å². The molecule has 168 valence electrons. The highest BCUT2D eigenvalue weighted by Gasteiger charge is 2.13. The molecule has 8 heteroatoms. The van der Waals surface area contributed by atoms with Crippen molar-refractivity contribution in [3.8, 4) is 0 Å². The highest BCUT2D eigenvalue weighted by molar-refractivity contribution is 7.99. The summed E-state index contributed by atoms with van der Waals surface area (Å²) < 4.78 is 7.66. The molecule has 0 aliphatic rings. The first-order valence-corrected chi connectivity index (χ1v) is 12.5. The third kappa shape index (κ3) is 5.84. The predicted octanol–water partition coefficient (Wildman–Crippen LogP) is 5.79. The molecular weight excluding hydrogens is 454 g/mol. The van der Waals surface area contributed by atoms with Gasteiger partial charge in [-0.3, -0.25) is 4.98 Å². The van der Waals surface area contributed by atoms with Crippen LogP contribution in [0.2, 0.25) is 0 Å². The minimum atomic E-state index is -0.937. The molecule has 2 heterocycles. The summed E-state index contributed by atoms with van der Waals surface area (Å²) in [5, 5.41) is 15.3. The zero-order valence-electron chi connectivity index (χ0n) is 18.0. The summed E-state index contributed by atoms with van der Waals surface area (Å²) in [5.41, 5.74) is 2.90. The van der Waals surface area contributed by atoms with Crippen LogP contribution in [0.1, 0.15) is 21.7 Å². The second-order valence-corrected chi connectivity index (χ2v) is 9.19. The standard InChI is InChI=1S/C25H23N3O3S2/c1-32-15-14-31-17-28-23-16-19(33-24-8-3-2-7-21(24)25(29)30)10-11-20(23)22(27-28)12-9-18-6-4-5-13-26-18/h2-13,16H,14-15,17H2,1H3,(H,29,30)/b12-9+. The van der Waals surface area contributed by atoms with Crippen LogP contribution in [-0.4, -0.2) is 44.5 Å². The molecule has 0 saturated heterocycles. The van der Waals surface area contributed by atoms with Crippen LogP contribution in [0.3, 0.4) is 0 Å². The summed E-state index contributed by atoms with van der Waals surface area (Å²) in [7, 11) is 0. The monoisotopic (exact) mass is 477 g/mol. The molecule has 2 aromatic heterocycles. The number of carbonyl (C=O) groups is 1. The van der Waals surface area contributed by atoms with Crippen LogP contribution in [0.4, 0.5) is 0 Å². The summed E-state index contributed by atoms with van der Waals surface area (Å²) in [6, 6.07) is 18.8. The van der Waals surface area contributed by atoms with Gasteiger partial charge in [-0.1, -0.05) is 30.0 Å². The molecule has 6 nitrogen and oxygen atoms in total. The number of hydrogen-bond acceptors (Lipinski definition) is 6. The molecule has 33 heavy (non-hydrogen) atoms. The molecule has 0 amide bonds. The van der Waals surface area contributed by atoms with Crippen molar-refractivity contribution in [2.75, 3.05) is 18.6 Å². The van der Waals surface area contributed by atoms with Gasteiger partial charge in [0.25, 0.3) is 0 Å². The van der Waals surface area contributed by atoms with Crippen molar-refractivity contribution in [3.63, 3.8) is 0 Å². The van der Waals surface area contributed by atoms with Gasteiger partial charge in [0.2, 0.25) is 0 Å². The van der Waals surface area contributed by atoms with Crippen molar-refractivity contribution in [2.24, 2.45) is 0 Å². The first-order chi connectivity index (χ1) is 16.2. The lowest BCUT2D eigenvalue weighted by Gasteiger charge is -2.08. The van der Waals surface area contributed by atoms with Crippen LogP contribution < -0.4 is 0 Å². The van der Waals surface area contributed by atoms with E-state index in [1.165, 1.54) is 11.8 Å². The van der Waals surface area contributed by atoms with E-state index < -0.39 is 5.97 Å². The number of nitrogens with zero attached hydrogens (tertiary/aromatic N) is 3. The quantitative estimate of drug-likeness (QED) is 0.290. The van der Waals surface area contributed by atoms with Crippen molar-refractivity contribution in [1.82, 2.24) is 14.8 Å². The molecule has 4 aromatic rings. The van der Waals surface area contributed by atoms with Crippen molar-refractivity contribution < 1.29 is 14.6 Å². The maximum Gasteiger partial charge on any atom is 0.336 e. The largest absolute Gasteiger partial charge is 0.478 e. The minimum absolute atomic E-state index is 0.287. The number of hydrogen-bond donors (Lipinski definition) is 1. The summed E-state index contributed by atoms with van der Waals surface area (Å²) in [4.78, 5) is 17.5. The molecule has 0 unspecified atom stereocenters. The predicted molar refractivity (Wildman–Crippen MR) is 135 cm³/mol. The Balaban J connectivity index is 1.67. The maximum atomic E-state index is 11.6. The van der Waals surface area contributed by atoms with Crippen LogP contribution in [0.5, 0.6) is 0 Å².